The number of hydrogen-bond donors (Lipinski definition) is 1. The Morgan fingerprint density at radius 3 is 2.80 bits per heavy atom. The molecular formula is C28H30F2N6O4. The number of ether oxygens (including phenoxy) is 3. The molecule has 0 bridgehead atoms. The molecule has 10 nitrogen and oxygen atoms in total. The first-order chi connectivity index (χ1) is 19.5. The van der Waals surface area contributed by atoms with Crippen LogP contribution in [0.15, 0.2) is 49.1 Å². The zero-order chi connectivity index (χ0) is 27.6. The molecule has 0 spiro atoms. The highest BCUT2D eigenvalue weighted by molar-refractivity contribution is 6.01. The summed E-state index contributed by atoms with van der Waals surface area (Å²) in [7, 11) is 1.39. The van der Waals surface area contributed by atoms with Gasteiger partial charge in [0.25, 0.3) is 5.91 Å². The second-order valence-corrected chi connectivity index (χ2v) is 9.93. The van der Waals surface area contributed by atoms with Crippen LogP contribution in [0.25, 0.3) is 16.9 Å². The maximum atomic E-state index is 13.3. The SMILES string of the molecule is COc1cc(-c2cnc3cc(OCCCN4CCn5ccnc5C4)ccn23)cc(OC(F)F)c1C(=O)NC1CC1. The van der Waals surface area contributed by atoms with Crippen molar-refractivity contribution in [2.75, 3.05) is 26.8 Å². The Hall–Kier alpha value is -4.19. The minimum absolute atomic E-state index is 0.0432. The van der Waals surface area contributed by atoms with Crippen LogP contribution < -0.4 is 19.5 Å². The molecule has 12 heteroatoms. The van der Waals surface area contributed by atoms with E-state index < -0.39 is 12.5 Å². The van der Waals surface area contributed by atoms with Crippen molar-refractivity contribution in [3.05, 3.63) is 60.4 Å². The molecule has 1 fully saturated rings. The van der Waals surface area contributed by atoms with Gasteiger partial charge in [-0.05, 0) is 37.5 Å². The summed E-state index contributed by atoms with van der Waals surface area (Å²) in [4.78, 5) is 24.1. The molecular weight excluding hydrogens is 522 g/mol. The highest BCUT2D eigenvalue weighted by Gasteiger charge is 2.29. The largest absolute Gasteiger partial charge is 0.496 e. The van der Waals surface area contributed by atoms with Crippen molar-refractivity contribution in [3.63, 3.8) is 0 Å². The van der Waals surface area contributed by atoms with Gasteiger partial charge in [-0.15, -0.1) is 0 Å². The Morgan fingerprint density at radius 2 is 2.00 bits per heavy atom. The van der Waals surface area contributed by atoms with Crippen LogP contribution in [0.1, 0.15) is 35.4 Å². The molecule has 1 N–H and O–H groups in total. The van der Waals surface area contributed by atoms with Gasteiger partial charge in [0, 0.05) is 55.9 Å². The van der Waals surface area contributed by atoms with Crippen LogP contribution in [-0.2, 0) is 13.1 Å². The number of carbonyl (C=O) groups excluding carboxylic acids is 1. The molecule has 1 aliphatic carbocycles. The number of hydrogen-bond acceptors (Lipinski definition) is 7. The highest BCUT2D eigenvalue weighted by atomic mass is 19.3. The zero-order valence-electron chi connectivity index (χ0n) is 22.1. The number of rotatable bonds is 11. The van der Waals surface area contributed by atoms with Crippen LogP contribution >= 0.6 is 0 Å². The van der Waals surface area contributed by atoms with Crippen molar-refractivity contribution in [1.29, 1.82) is 0 Å². The van der Waals surface area contributed by atoms with E-state index in [9.17, 15) is 13.6 Å². The third-order valence-electron chi connectivity index (χ3n) is 7.13. The van der Waals surface area contributed by atoms with E-state index in [0.29, 0.717) is 29.3 Å². The number of benzene rings is 1. The summed E-state index contributed by atoms with van der Waals surface area (Å²) in [5.74, 6) is 1.15. The first-order valence-corrected chi connectivity index (χ1v) is 13.3. The van der Waals surface area contributed by atoms with E-state index in [1.807, 2.05) is 35.1 Å². The van der Waals surface area contributed by atoms with Gasteiger partial charge >= 0.3 is 6.61 Å². The van der Waals surface area contributed by atoms with E-state index in [-0.39, 0.29) is 23.1 Å². The molecule has 1 aromatic carbocycles. The molecule has 0 atom stereocenters. The van der Waals surface area contributed by atoms with Crippen LogP contribution in [0.5, 0.6) is 17.2 Å². The zero-order valence-corrected chi connectivity index (χ0v) is 22.1. The molecule has 0 saturated heterocycles. The maximum absolute atomic E-state index is 13.3. The van der Waals surface area contributed by atoms with Crippen molar-refractivity contribution in [2.45, 2.75) is 45.0 Å². The summed E-state index contributed by atoms with van der Waals surface area (Å²) in [5.41, 5.74) is 1.70. The Kier molecular flexibility index (Phi) is 7.25. The Balaban J connectivity index is 1.16. The van der Waals surface area contributed by atoms with E-state index in [1.54, 1.807) is 12.3 Å². The standard InChI is InChI=1S/C28H30F2N6O4/c1-38-22-13-18(14-23(40-28(29)30)26(22)27(37)33-19-3-4-19)21-16-32-24-15-20(5-8-36(21)24)39-12-2-7-34-10-11-35-9-6-31-25(35)17-34/h5-6,8-9,13-16,19,28H,2-4,7,10-12,17H2,1H3,(H,33,37). The van der Waals surface area contributed by atoms with Gasteiger partial charge in [-0.3, -0.25) is 14.1 Å². The average Bonchev–Trinajstić information content (AvgIpc) is 3.46. The van der Waals surface area contributed by atoms with Gasteiger partial charge < -0.3 is 24.1 Å². The van der Waals surface area contributed by atoms with Gasteiger partial charge in [-0.2, -0.15) is 8.78 Å². The molecule has 4 aromatic rings. The molecule has 1 aliphatic heterocycles. The predicted molar refractivity (Wildman–Crippen MR) is 142 cm³/mol. The fourth-order valence-electron chi connectivity index (χ4n) is 4.95. The Bertz CT molecular complexity index is 1520. The summed E-state index contributed by atoms with van der Waals surface area (Å²) in [6, 6.07) is 6.74. The normalized spacial score (nSPS) is 15.3. The summed E-state index contributed by atoms with van der Waals surface area (Å²) in [6.45, 7) is 1.16. The molecule has 2 aliphatic rings. The Labute approximate surface area is 229 Å². The van der Waals surface area contributed by atoms with Crippen LogP contribution in [0.3, 0.4) is 0 Å². The number of imidazole rings is 2. The number of methoxy groups -OCH3 is 1. The monoisotopic (exact) mass is 552 g/mol. The quantitative estimate of drug-likeness (QED) is 0.281. The second kappa shape index (κ2) is 11.1. The van der Waals surface area contributed by atoms with Crippen LogP contribution in [0.4, 0.5) is 8.78 Å². The number of alkyl halides is 2. The van der Waals surface area contributed by atoms with E-state index >= 15 is 0 Å². The van der Waals surface area contributed by atoms with Crippen LogP contribution in [-0.4, -0.2) is 69.2 Å². The van der Waals surface area contributed by atoms with Crippen molar-refractivity contribution < 1.29 is 27.8 Å². The van der Waals surface area contributed by atoms with E-state index in [1.165, 1.54) is 13.2 Å². The first kappa shape index (κ1) is 26.1. The third-order valence-corrected chi connectivity index (χ3v) is 7.13. The van der Waals surface area contributed by atoms with E-state index in [0.717, 1.165) is 51.3 Å². The minimum Gasteiger partial charge on any atom is -0.496 e. The van der Waals surface area contributed by atoms with Gasteiger partial charge in [0.2, 0.25) is 0 Å². The number of halogens is 2. The van der Waals surface area contributed by atoms with E-state index in [4.69, 9.17) is 14.2 Å². The number of nitrogens with zero attached hydrogens (tertiary/aromatic N) is 5. The smallest absolute Gasteiger partial charge is 0.387 e. The number of amides is 1. The maximum Gasteiger partial charge on any atom is 0.387 e. The third kappa shape index (κ3) is 5.57. The molecule has 1 amide bonds. The molecule has 210 valence electrons. The molecule has 4 heterocycles. The molecule has 0 radical (unpaired) electrons. The summed E-state index contributed by atoms with van der Waals surface area (Å²) in [6.07, 6.45) is 9.89. The van der Waals surface area contributed by atoms with Crippen molar-refractivity contribution >= 4 is 11.6 Å². The number of fused-ring (bicyclic) bond motifs is 2. The fourth-order valence-corrected chi connectivity index (χ4v) is 4.95. The van der Waals surface area contributed by atoms with Crippen LogP contribution in [0.2, 0.25) is 0 Å². The first-order valence-electron chi connectivity index (χ1n) is 13.3. The van der Waals surface area contributed by atoms with Gasteiger partial charge in [0.15, 0.2) is 0 Å². The van der Waals surface area contributed by atoms with Gasteiger partial charge in [-0.25, -0.2) is 9.97 Å². The predicted octanol–water partition coefficient (Wildman–Crippen LogP) is 3.98. The fraction of sp³-hybridized carbons (Fsp3) is 0.393. The molecule has 0 unspecified atom stereocenters. The molecule has 6 rings (SSSR count). The number of nitrogens with one attached hydrogen (secondary N) is 1. The van der Waals surface area contributed by atoms with E-state index in [2.05, 4.69) is 24.8 Å². The lowest BCUT2D eigenvalue weighted by Crippen LogP contribution is -2.34. The lowest BCUT2D eigenvalue weighted by atomic mass is 10.1. The molecule has 1 saturated carbocycles. The topological polar surface area (TPSA) is 95.2 Å². The number of carbonyl (C=O) groups is 1. The molecule has 3 aromatic heterocycles. The van der Waals surface area contributed by atoms with Crippen molar-refractivity contribution in [3.8, 4) is 28.5 Å². The lowest BCUT2D eigenvalue weighted by molar-refractivity contribution is -0.0502. The van der Waals surface area contributed by atoms with Crippen molar-refractivity contribution in [1.82, 2.24) is 29.2 Å². The minimum atomic E-state index is -3.10. The highest BCUT2D eigenvalue weighted by Crippen LogP contribution is 2.37. The van der Waals surface area contributed by atoms with Gasteiger partial charge in [0.1, 0.15) is 34.3 Å². The Morgan fingerprint density at radius 1 is 1.15 bits per heavy atom. The van der Waals surface area contributed by atoms with Crippen molar-refractivity contribution in [2.24, 2.45) is 0 Å². The molecule has 40 heavy (non-hydrogen) atoms. The number of aromatic nitrogens is 4. The average molecular weight is 553 g/mol. The summed E-state index contributed by atoms with van der Waals surface area (Å²) < 4.78 is 46.8. The van der Waals surface area contributed by atoms with Crippen LogP contribution in [0, 0.1) is 0 Å². The summed E-state index contributed by atoms with van der Waals surface area (Å²) in [5, 5.41) is 2.81. The van der Waals surface area contributed by atoms with Gasteiger partial charge in [-0.1, -0.05) is 0 Å². The number of pyridine rings is 1. The van der Waals surface area contributed by atoms with Gasteiger partial charge in [0.05, 0.1) is 32.2 Å². The summed E-state index contributed by atoms with van der Waals surface area (Å²) >= 11 is 0. The second-order valence-electron chi connectivity index (χ2n) is 9.93. The lowest BCUT2D eigenvalue weighted by Gasteiger charge is -2.27.